The molecule has 0 aliphatic heterocycles. The Bertz CT molecular complexity index is 83.1. The Labute approximate surface area is 73.3 Å². The Morgan fingerprint density at radius 1 is 1.56 bits per heavy atom. The molecule has 0 aliphatic rings. The predicted molar refractivity (Wildman–Crippen MR) is 51.6 cm³/mol. The van der Waals surface area contributed by atoms with Gasteiger partial charge in [0, 0.05) is 0 Å². The van der Waals surface area contributed by atoms with E-state index < -0.39 is 0 Å². The molecule has 9 heavy (non-hydrogen) atoms. The summed E-state index contributed by atoms with van der Waals surface area (Å²) in [7, 11) is 0. The van der Waals surface area contributed by atoms with Crippen LogP contribution in [0.5, 0.6) is 0 Å². The summed E-state index contributed by atoms with van der Waals surface area (Å²) in [6, 6.07) is 0. The zero-order chi connectivity index (χ0) is 7.11. The van der Waals surface area contributed by atoms with Crippen molar-refractivity contribution in [3.63, 3.8) is 0 Å². The molecule has 0 amide bonds. The van der Waals surface area contributed by atoms with Crippen molar-refractivity contribution in [3.05, 3.63) is 0 Å². The molecule has 0 aromatic heterocycles. The third kappa shape index (κ3) is 6.85. The first kappa shape index (κ1) is 9.96. The van der Waals surface area contributed by atoms with Crippen LogP contribution in [0.15, 0.2) is 0 Å². The average molecular weight is 227 g/mol. The topological polar surface area (TPSA) is 0 Å². The van der Waals surface area contributed by atoms with Crippen molar-refractivity contribution < 1.29 is 0 Å². The monoisotopic (exact) mass is 228 g/mol. The number of thiocarbonyl (C=S) groups is 1. The Balaban J connectivity index is 3.06. The fourth-order valence-electron chi connectivity index (χ4n) is 0.345. The normalized spacial score (nSPS) is 9.56. The van der Waals surface area contributed by atoms with E-state index in [1.807, 2.05) is 11.8 Å². The summed E-state index contributed by atoms with van der Waals surface area (Å²) in [4.78, 5) is 0. The van der Waals surface area contributed by atoms with E-state index in [4.69, 9.17) is 12.2 Å². The van der Waals surface area contributed by atoms with Gasteiger partial charge in [0.05, 0.1) is 0 Å². The molecule has 0 bridgehead atoms. The van der Waals surface area contributed by atoms with Crippen LogP contribution in [-0.2, 0) is 0 Å². The molecule has 0 saturated heterocycles. The first-order valence-corrected chi connectivity index (χ1v) is 6.57. The van der Waals surface area contributed by atoms with Crippen LogP contribution in [-0.4, -0.2) is 23.8 Å². The molecule has 0 heterocycles. The molecule has 0 rings (SSSR count). The van der Waals surface area contributed by atoms with Crippen LogP contribution in [0.1, 0.15) is 20.3 Å². The number of thioether (sulfide) groups is 1. The van der Waals surface area contributed by atoms with Gasteiger partial charge in [-0.3, -0.25) is 0 Å². The molecule has 0 aliphatic carbocycles. The summed E-state index contributed by atoms with van der Waals surface area (Å²) in [6.45, 7) is 4.36. The van der Waals surface area contributed by atoms with Crippen LogP contribution < -0.4 is 0 Å². The molecule has 0 fully saturated rings. The Morgan fingerprint density at radius 3 is 2.67 bits per heavy atom. The second-order valence-electron chi connectivity index (χ2n) is 1.53. The maximum atomic E-state index is 5.11. The van der Waals surface area contributed by atoms with Crippen molar-refractivity contribution in [2.75, 3.05) is 5.75 Å². The second kappa shape index (κ2) is 7.07. The quantitative estimate of drug-likeness (QED) is 0.534. The first-order chi connectivity index (χ1) is 4.31. The summed E-state index contributed by atoms with van der Waals surface area (Å²) in [5.74, 6) is 1.14. The number of hydrogen-bond acceptors (Lipinski definition) is 2. The van der Waals surface area contributed by atoms with E-state index in [0.29, 0.717) is 15.0 Å². The minimum atomic E-state index is 0.630. The van der Waals surface area contributed by atoms with Gasteiger partial charge in [0.1, 0.15) is 0 Å². The van der Waals surface area contributed by atoms with Gasteiger partial charge in [0.25, 0.3) is 0 Å². The Kier molecular flexibility index (Phi) is 7.82. The molecule has 0 atom stereocenters. The van der Waals surface area contributed by atoms with E-state index in [1.54, 1.807) is 0 Å². The van der Waals surface area contributed by atoms with Crippen LogP contribution in [0.25, 0.3) is 0 Å². The summed E-state index contributed by atoms with van der Waals surface area (Å²) in [5, 5.41) is 1.32. The van der Waals surface area contributed by atoms with Gasteiger partial charge in [0.15, 0.2) is 0 Å². The first-order valence-electron chi connectivity index (χ1n) is 3.10. The van der Waals surface area contributed by atoms with E-state index in [1.165, 1.54) is 14.8 Å². The van der Waals surface area contributed by atoms with Gasteiger partial charge in [-0.15, -0.1) is 0 Å². The van der Waals surface area contributed by atoms with Crippen molar-refractivity contribution >= 4 is 42.0 Å². The SMILES string of the molecule is CCC[Se]C(=S)SCC. The van der Waals surface area contributed by atoms with Crippen LogP contribution in [0.2, 0.25) is 5.32 Å². The second-order valence-corrected chi connectivity index (χ2v) is 6.96. The van der Waals surface area contributed by atoms with Gasteiger partial charge in [-0.2, -0.15) is 0 Å². The molecule has 3 heteroatoms. The molecule has 0 aromatic carbocycles. The molecule has 0 unspecified atom stereocenters. The van der Waals surface area contributed by atoms with Crippen LogP contribution >= 0.6 is 24.0 Å². The zero-order valence-corrected chi connectivity index (χ0v) is 9.19. The van der Waals surface area contributed by atoms with E-state index >= 15 is 0 Å². The maximum absolute atomic E-state index is 5.11. The molecule has 0 aromatic rings. The molecule has 0 nitrogen and oxygen atoms in total. The van der Waals surface area contributed by atoms with Crippen molar-refractivity contribution in [2.45, 2.75) is 25.6 Å². The third-order valence-corrected chi connectivity index (χ3v) is 5.31. The van der Waals surface area contributed by atoms with Crippen LogP contribution in [0, 0.1) is 0 Å². The number of rotatable bonds is 4. The molecule has 0 radical (unpaired) electrons. The van der Waals surface area contributed by atoms with Crippen LogP contribution in [0.4, 0.5) is 0 Å². The minimum absolute atomic E-state index is 0.630. The zero-order valence-electron chi connectivity index (χ0n) is 5.85. The fourth-order valence-corrected chi connectivity index (χ4v) is 3.93. The molecular formula is C6H12S2Se. The molecule has 54 valence electrons. The number of hydrogen-bond donors (Lipinski definition) is 0. The molecule has 0 N–H and O–H groups in total. The summed E-state index contributed by atoms with van der Waals surface area (Å²) < 4.78 is 1.24. The van der Waals surface area contributed by atoms with Crippen molar-refractivity contribution in [1.29, 1.82) is 0 Å². The van der Waals surface area contributed by atoms with Gasteiger partial charge in [0.2, 0.25) is 0 Å². The Hall–Kier alpha value is 0.959. The summed E-state index contributed by atoms with van der Waals surface area (Å²) in [5.41, 5.74) is 0. The predicted octanol–water partition coefficient (Wildman–Crippen LogP) is 2.56. The Morgan fingerprint density at radius 2 is 2.22 bits per heavy atom. The van der Waals surface area contributed by atoms with E-state index in [9.17, 15) is 0 Å². The average Bonchev–Trinajstić information content (AvgIpc) is 1.85. The van der Waals surface area contributed by atoms with E-state index in [0.717, 1.165) is 5.75 Å². The molecular weight excluding hydrogens is 215 g/mol. The van der Waals surface area contributed by atoms with Crippen molar-refractivity contribution in [3.8, 4) is 0 Å². The van der Waals surface area contributed by atoms with E-state index in [-0.39, 0.29) is 0 Å². The van der Waals surface area contributed by atoms with E-state index in [2.05, 4.69) is 13.8 Å². The van der Waals surface area contributed by atoms with Crippen molar-refractivity contribution in [1.82, 2.24) is 0 Å². The molecule has 0 saturated carbocycles. The standard InChI is InChI=1S/C6H12S2Se/c1-3-5-9-6(7)8-4-2/h3-5H2,1-2H3. The third-order valence-electron chi connectivity index (χ3n) is 0.686. The van der Waals surface area contributed by atoms with Gasteiger partial charge in [-0.1, -0.05) is 0 Å². The fraction of sp³-hybridized carbons (Fsp3) is 0.833. The van der Waals surface area contributed by atoms with Gasteiger partial charge >= 0.3 is 73.4 Å². The van der Waals surface area contributed by atoms with Gasteiger partial charge in [-0.25, -0.2) is 0 Å². The molecule has 0 spiro atoms. The summed E-state index contributed by atoms with van der Waals surface area (Å²) in [6.07, 6.45) is 1.28. The summed E-state index contributed by atoms with van der Waals surface area (Å²) >= 11 is 7.57. The van der Waals surface area contributed by atoms with Crippen LogP contribution in [0.3, 0.4) is 0 Å². The van der Waals surface area contributed by atoms with Gasteiger partial charge < -0.3 is 0 Å². The van der Waals surface area contributed by atoms with Gasteiger partial charge in [-0.05, 0) is 0 Å². The van der Waals surface area contributed by atoms with Crippen molar-refractivity contribution in [2.24, 2.45) is 0 Å².